The molecule has 0 aromatic heterocycles. The van der Waals surface area contributed by atoms with E-state index in [9.17, 15) is 35.1 Å². The molecule has 1 aliphatic heterocycles. The molecule has 384 valence electrons. The van der Waals surface area contributed by atoms with E-state index in [4.69, 9.17) is 14.2 Å². The van der Waals surface area contributed by atoms with Crippen LogP contribution in [0.4, 0.5) is 0 Å². The van der Waals surface area contributed by atoms with Gasteiger partial charge in [-0.1, -0.05) is 219 Å². The van der Waals surface area contributed by atoms with Crippen LogP contribution in [-0.4, -0.2) is 99.6 Å². The summed E-state index contributed by atoms with van der Waals surface area (Å²) in [6.07, 6.45) is 49.7. The summed E-state index contributed by atoms with van der Waals surface area (Å²) in [5, 5.41) is 56.5. The molecule has 0 spiro atoms. The van der Waals surface area contributed by atoms with Crippen LogP contribution in [0.2, 0.25) is 0 Å². The Balaban J connectivity index is 2.86. The molecule has 1 saturated heterocycles. The summed E-state index contributed by atoms with van der Waals surface area (Å²) in [5.41, 5.74) is 0. The fourth-order valence-corrected chi connectivity index (χ4v) is 7.22. The number of allylic oxidation sites excluding steroid dienone is 19. The summed E-state index contributed by atoms with van der Waals surface area (Å²) in [5.74, 6) is -1.31. The fraction of sp³-hybridized carbons (Fsp3) is 0.614. The van der Waals surface area contributed by atoms with Crippen LogP contribution in [-0.2, 0) is 23.8 Å². The highest BCUT2D eigenvalue weighted by atomic mass is 16.7. The first kappa shape index (κ1) is 62.1. The molecule has 0 saturated carbocycles. The van der Waals surface area contributed by atoms with Gasteiger partial charge in [0, 0.05) is 6.42 Å². The van der Waals surface area contributed by atoms with E-state index < -0.39 is 67.4 Å². The predicted octanol–water partition coefficient (Wildman–Crippen LogP) is 10.8. The minimum Gasteiger partial charge on any atom is -0.454 e. The second kappa shape index (κ2) is 44.3. The monoisotopic (exact) mass is 950 g/mol. The lowest BCUT2D eigenvalue weighted by Gasteiger charge is -2.41. The number of carbonyl (C=O) groups is 2. The van der Waals surface area contributed by atoms with Crippen molar-refractivity contribution in [2.24, 2.45) is 0 Å². The predicted molar refractivity (Wildman–Crippen MR) is 278 cm³/mol. The Hall–Kier alpha value is -3.94. The average Bonchev–Trinajstić information content (AvgIpc) is 3.33. The standard InChI is InChI=1S/C57H91NO10/c1-4-7-10-13-16-19-22-25-27-29-32-35-38-41-44-50(61)56(65)58-48(49(60)43-40-37-34-31-28-24-21-18-15-12-9-6-3)47-66-57-55(54(64)53(63)51(46-59)67-57)68-52(62)45-42-39-36-33-30-26-23-20-17-14-11-8-5-2/h7-8,10-11,13-14,16-17,19-20,22-23,25-27,30,33,36,40,43,48-51,53-55,57,59-61,63-64H,4-6,9,12,15,18,21,24,28-29,31-32,34-35,37-39,41-42,44-47H2,1-3H3,(H,58,65)/b10-7+,11-8+,16-13+,17-14+,22-19+,23-20-,27-25-,30-26-,36-33+,43-40+. The highest BCUT2D eigenvalue weighted by Gasteiger charge is 2.47. The third-order valence-electron chi connectivity index (χ3n) is 11.3. The molecule has 8 unspecified atom stereocenters. The second-order valence-electron chi connectivity index (χ2n) is 17.4. The van der Waals surface area contributed by atoms with E-state index in [1.54, 1.807) is 6.08 Å². The van der Waals surface area contributed by atoms with E-state index in [2.05, 4.69) is 44.3 Å². The molecule has 8 atom stereocenters. The third kappa shape index (κ3) is 32.7. The number of nitrogens with one attached hydrogen (secondary N) is 1. The van der Waals surface area contributed by atoms with Crippen LogP contribution in [0.1, 0.15) is 162 Å². The molecule has 0 aliphatic carbocycles. The summed E-state index contributed by atoms with van der Waals surface area (Å²) < 4.78 is 17.4. The second-order valence-corrected chi connectivity index (χ2v) is 17.4. The average molecular weight is 950 g/mol. The van der Waals surface area contributed by atoms with Crippen LogP contribution in [0.5, 0.6) is 0 Å². The minimum absolute atomic E-state index is 0.0168. The molecule has 0 aromatic rings. The lowest BCUT2D eigenvalue weighted by molar-refractivity contribution is -0.305. The molecule has 1 rings (SSSR count). The van der Waals surface area contributed by atoms with Gasteiger partial charge in [0.25, 0.3) is 0 Å². The number of ether oxygens (including phenoxy) is 3. The Morgan fingerprint density at radius 2 is 1.06 bits per heavy atom. The minimum atomic E-state index is -1.65. The summed E-state index contributed by atoms with van der Waals surface area (Å²) in [6.45, 7) is 5.39. The van der Waals surface area contributed by atoms with Crippen molar-refractivity contribution in [3.8, 4) is 0 Å². The highest BCUT2D eigenvalue weighted by molar-refractivity contribution is 5.80. The van der Waals surface area contributed by atoms with E-state index in [0.717, 1.165) is 64.2 Å². The van der Waals surface area contributed by atoms with E-state index in [-0.39, 0.29) is 19.4 Å². The SMILES string of the molecule is CC/C=C/C=C/C=C\C=C/C=C/CCCC(=O)OC1C(OCC(NC(=O)C(O)CCCCCC\C=C/C=C/C=C/C=C/CC)C(O)/C=C/CCCCCCCCCCCC)OC(CO)C(O)C1O. The van der Waals surface area contributed by atoms with Crippen molar-refractivity contribution in [2.75, 3.05) is 13.2 Å². The summed E-state index contributed by atoms with van der Waals surface area (Å²) in [4.78, 5) is 26.3. The number of esters is 1. The van der Waals surface area contributed by atoms with Crippen molar-refractivity contribution in [1.29, 1.82) is 0 Å². The quantitative estimate of drug-likeness (QED) is 0.0150. The molecule has 1 amide bonds. The van der Waals surface area contributed by atoms with Crippen LogP contribution < -0.4 is 5.32 Å². The molecule has 11 heteroatoms. The van der Waals surface area contributed by atoms with Gasteiger partial charge < -0.3 is 45.1 Å². The molecule has 1 fully saturated rings. The van der Waals surface area contributed by atoms with Gasteiger partial charge in [0.05, 0.1) is 25.4 Å². The number of carbonyl (C=O) groups excluding carboxylic acids is 2. The van der Waals surface area contributed by atoms with Crippen LogP contribution in [0.3, 0.4) is 0 Å². The normalized spacial score (nSPS) is 21.0. The number of unbranched alkanes of at least 4 members (excludes halogenated alkanes) is 15. The Labute approximate surface area is 410 Å². The smallest absolute Gasteiger partial charge is 0.306 e. The number of aliphatic hydroxyl groups excluding tert-OH is 5. The summed E-state index contributed by atoms with van der Waals surface area (Å²) in [6, 6.07) is -1.06. The van der Waals surface area contributed by atoms with Crippen molar-refractivity contribution < 1.29 is 49.3 Å². The Bertz CT molecular complexity index is 1560. The van der Waals surface area contributed by atoms with E-state index >= 15 is 0 Å². The number of hydrogen-bond donors (Lipinski definition) is 6. The number of amides is 1. The first-order valence-corrected chi connectivity index (χ1v) is 25.9. The number of aliphatic hydroxyl groups is 5. The van der Waals surface area contributed by atoms with Crippen molar-refractivity contribution in [1.82, 2.24) is 5.32 Å². The molecule has 1 heterocycles. The molecular formula is C57H91NO10. The lowest BCUT2D eigenvalue weighted by atomic mass is 9.99. The number of hydrogen-bond acceptors (Lipinski definition) is 10. The van der Waals surface area contributed by atoms with Crippen LogP contribution in [0.15, 0.2) is 122 Å². The molecular weight excluding hydrogens is 859 g/mol. The van der Waals surface area contributed by atoms with Crippen LogP contribution in [0, 0.1) is 0 Å². The van der Waals surface area contributed by atoms with Crippen molar-refractivity contribution in [3.05, 3.63) is 122 Å². The zero-order valence-electron chi connectivity index (χ0n) is 41.9. The molecule has 0 bridgehead atoms. The number of rotatable bonds is 40. The lowest BCUT2D eigenvalue weighted by Crippen LogP contribution is -2.61. The van der Waals surface area contributed by atoms with Gasteiger partial charge in [0.1, 0.15) is 24.4 Å². The van der Waals surface area contributed by atoms with Crippen LogP contribution >= 0.6 is 0 Å². The van der Waals surface area contributed by atoms with Gasteiger partial charge in [-0.05, 0) is 57.8 Å². The Morgan fingerprint density at radius 1 is 0.588 bits per heavy atom. The zero-order chi connectivity index (χ0) is 49.7. The highest BCUT2D eigenvalue weighted by Crippen LogP contribution is 2.26. The van der Waals surface area contributed by atoms with E-state index in [1.807, 2.05) is 97.2 Å². The molecule has 0 radical (unpaired) electrons. The van der Waals surface area contributed by atoms with Crippen LogP contribution in [0.25, 0.3) is 0 Å². The van der Waals surface area contributed by atoms with Gasteiger partial charge in [-0.25, -0.2) is 0 Å². The molecule has 1 aliphatic rings. The van der Waals surface area contributed by atoms with E-state index in [0.29, 0.717) is 19.3 Å². The summed E-state index contributed by atoms with van der Waals surface area (Å²) >= 11 is 0. The topological polar surface area (TPSA) is 175 Å². The molecule has 68 heavy (non-hydrogen) atoms. The maximum atomic E-state index is 13.3. The first-order valence-electron chi connectivity index (χ1n) is 25.9. The molecule has 11 nitrogen and oxygen atoms in total. The zero-order valence-corrected chi connectivity index (χ0v) is 41.9. The van der Waals surface area contributed by atoms with Gasteiger partial charge in [0.2, 0.25) is 5.91 Å². The van der Waals surface area contributed by atoms with Crippen molar-refractivity contribution >= 4 is 11.9 Å². The fourth-order valence-electron chi connectivity index (χ4n) is 7.22. The van der Waals surface area contributed by atoms with Gasteiger partial charge in [-0.3, -0.25) is 9.59 Å². The van der Waals surface area contributed by atoms with Crippen molar-refractivity contribution in [2.45, 2.75) is 211 Å². The third-order valence-corrected chi connectivity index (χ3v) is 11.3. The van der Waals surface area contributed by atoms with E-state index in [1.165, 1.54) is 44.9 Å². The van der Waals surface area contributed by atoms with Gasteiger partial charge >= 0.3 is 5.97 Å². The molecule has 0 aromatic carbocycles. The first-order chi connectivity index (χ1) is 33.2. The van der Waals surface area contributed by atoms with Gasteiger partial charge in [-0.15, -0.1) is 0 Å². The van der Waals surface area contributed by atoms with Gasteiger partial charge in [-0.2, -0.15) is 0 Å². The Kier molecular flexibility index (Phi) is 40.4. The maximum absolute atomic E-state index is 13.3. The largest absolute Gasteiger partial charge is 0.454 e. The summed E-state index contributed by atoms with van der Waals surface area (Å²) in [7, 11) is 0. The van der Waals surface area contributed by atoms with Gasteiger partial charge in [0.15, 0.2) is 12.4 Å². The molecule has 6 N–H and O–H groups in total. The maximum Gasteiger partial charge on any atom is 0.306 e. The van der Waals surface area contributed by atoms with Crippen molar-refractivity contribution in [3.63, 3.8) is 0 Å². The Morgan fingerprint density at radius 3 is 1.59 bits per heavy atom.